The van der Waals surface area contributed by atoms with E-state index in [1.165, 1.54) is 0 Å². The van der Waals surface area contributed by atoms with Gasteiger partial charge in [-0.15, -0.1) is 0 Å². The number of aromatic nitrogens is 1. The van der Waals surface area contributed by atoms with Gasteiger partial charge >= 0.3 is 0 Å². The van der Waals surface area contributed by atoms with Crippen molar-refractivity contribution in [3.05, 3.63) is 36.5 Å². The molecule has 2 aromatic rings. The van der Waals surface area contributed by atoms with Crippen molar-refractivity contribution < 1.29 is 13.6 Å². The molecule has 1 amide bonds. The fourth-order valence-electron chi connectivity index (χ4n) is 3.96. The molecular weight excluding hydrogens is 364 g/mol. The lowest BCUT2D eigenvalue weighted by Crippen LogP contribution is -2.43. The SMILES string of the molecule is N#CC1CC(F)(F)CN1C(=O)CN1CCC(Nc2cnc3ccccc3c2)C1. The number of anilines is 1. The van der Waals surface area contributed by atoms with Gasteiger partial charge in [-0.3, -0.25) is 14.7 Å². The van der Waals surface area contributed by atoms with Gasteiger partial charge in [0.2, 0.25) is 5.91 Å². The number of para-hydroxylation sites is 1. The summed E-state index contributed by atoms with van der Waals surface area (Å²) in [5.74, 6) is -3.38. The molecule has 3 heterocycles. The van der Waals surface area contributed by atoms with Gasteiger partial charge in [0.15, 0.2) is 0 Å². The lowest BCUT2D eigenvalue weighted by molar-refractivity contribution is -0.133. The summed E-state index contributed by atoms with van der Waals surface area (Å²) in [5, 5.41) is 13.5. The predicted molar refractivity (Wildman–Crippen MR) is 101 cm³/mol. The van der Waals surface area contributed by atoms with E-state index in [4.69, 9.17) is 5.26 Å². The molecular formula is C20H21F2N5O. The minimum atomic E-state index is -2.98. The number of amides is 1. The van der Waals surface area contributed by atoms with Crippen LogP contribution >= 0.6 is 0 Å². The quantitative estimate of drug-likeness (QED) is 0.876. The number of nitriles is 1. The number of alkyl halides is 2. The highest BCUT2D eigenvalue weighted by molar-refractivity contribution is 5.81. The van der Waals surface area contributed by atoms with Gasteiger partial charge in [0, 0.05) is 30.9 Å². The largest absolute Gasteiger partial charge is 0.380 e. The summed E-state index contributed by atoms with van der Waals surface area (Å²) in [7, 11) is 0. The van der Waals surface area contributed by atoms with Crippen molar-refractivity contribution >= 4 is 22.5 Å². The molecule has 146 valence electrons. The molecule has 0 aliphatic carbocycles. The number of nitrogens with one attached hydrogen (secondary N) is 1. The van der Waals surface area contributed by atoms with Gasteiger partial charge < -0.3 is 10.2 Å². The number of fused-ring (bicyclic) bond motifs is 1. The topological polar surface area (TPSA) is 72.3 Å². The van der Waals surface area contributed by atoms with E-state index in [-0.39, 0.29) is 12.6 Å². The van der Waals surface area contributed by atoms with Gasteiger partial charge in [-0.1, -0.05) is 18.2 Å². The summed E-state index contributed by atoms with van der Waals surface area (Å²) in [6, 6.07) is 10.8. The highest BCUT2D eigenvalue weighted by Gasteiger charge is 2.47. The van der Waals surface area contributed by atoms with E-state index in [1.807, 2.05) is 41.3 Å². The highest BCUT2D eigenvalue weighted by Crippen LogP contribution is 2.32. The zero-order valence-corrected chi connectivity index (χ0v) is 15.3. The molecule has 1 aromatic carbocycles. The third-order valence-corrected chi connectivity index (χ3v) is 5.33. The molecule has 1 aromatic heterocycles. The second kappa shape index (κ2) is 7.32. The standard InChI is InChI=1S/C20H21F2N5O/c21-20(22)8-17(9-23)27(13-20)19(28)12-26-6-5-15(11-26)25-16-7-14-3-1-2-4-18(14)24-10-16/h1-4,7,10,15,17,25H,5-6,8,11-13H2. The van der Waals surface area contributed by atoms with Crippen LogP contribution in [0.4, 0.5) is 14.5 Å². The summed E-state index contributed by atoms with van der Waals surface area (Å²) in [4.78, 5) is 19.8. The van der Waals surface area contributed by atoms with Gasteiger partial charge in [0.1, 0.15) is 6.04 Å². The van der Waals surface area contributed by atoms with E-state index in [0.717, 1.165) is 27.9 Å². The Balaban J connectivity index is 1.34. The molecule has 0 saturated carbocycles. The smallest absolute Gasteiger partial charge is 0.268 e. The first-order chi connectivity index (χ1) is 13.4. The Kier molecular flexibility index (Phi) is 4.85. The lowest BCUT2D eigenvalue weighted by atomic mass is 10.2. The molecule has 1 N–H and O–H groups in total. The molecule has 0 radical (unpaired) electrons. The van der Waals surface area contributed by atoms with Crippen LogP contribution in [-0.4, -0.2) is 64.9 Å². The van der Waals surface area contributed by atoms with Crippen molar-refractivity contribution in [2.24, 2.45) is 0 Å². The van der Waals surface area contributed by atoms with E-state index in [1.54, 1.807) is 6.20 Å². The normalized spacial score (nSPS) is 24.4. The average molecular weight is 385 g/mol. The molecule has 4 rings (SSSR count). The summed E-state index contributed by atoms with van der Waals surface area (Å²) in [5.41, 5.74) is 1.85. The van der Waals surface area contributed by atoms with E-state index in [2.05, 4.69) is 10.3 Å². The van der Waals surface area contributed by atoms with Gasteiger partial charge in [0.05, 0.1) is 36.6 Å². The molecule has 2 fully saturated rings. The minimum Gasteiger partial charge on any atom is -0.380 e. The van der Waals surface area contributed by atoms with Crippen molar-refractivity contribution in [2.45, 2.75) is 30.8 Å². The number of halogens is 2. The van der Waals surface area contributed by atoms with Gasteiger partial charge in [-0.05, 0) is 18.6 Å². The number of rotatable bonds is 4. The number of hydrogen-bond donors (Lipinski definition) is 1. The van der Waals surface area contributed by atoms with Crippen molar-refractivity contribution in [3.63, 3.8) is 0 Å². The number of pyridine rings is 1. The van der Waals surface area contributed by atoms with Crippen LogP contribution in [-0.2, 0) is 4.79 Å². The van der Waals surface area contributed by atoms with E-state index < -0.39 is 30.8 Å². The molecule has 2 saturated heterocycles. The summed E-state index contributed by atoms with van der Waals surface area (Å²) in [6.07, 6.45) is 2.06. The third kappa shape index (κ3) is 3.90. The molecule has 28 heavy (non-hydrogen) atoms. The Morgan fingerprint density at radius 2 is 2.21 bits per heavy atom. The molecule has 2 atom stereocenters. The second-order valence-corrected chi connectivity index (χ2v) is 7.51. The number of hydrogen-bond acceptors (Lipinski definition) is 5. The van der Waals surface area contributed by atoms with Crippen LogP contribution < -0.4 is 5.32 Å². The van der Waals surface area contributed by atoms with Crippen molar-refractivity contribution in [1.29, 1.82) is 5.26 Å². The number of carbonyl (C=O) groups is 1. The Morgan fingerprint density at radius 3 is 3.04 bits per heavy atom. The summed E-state index contributed by atoms with van der Waals surface area (Å²) >= 11 is 0. The molecule has 2 unspecified atom stereocenters. The van der Waals surface area contributed by atoms with Crippen LogP contribution in [0.25, 0.3) is 10.9 Å². The van der Waals surface area contributed by atoms with Crippen LogP contribution in [0.3, 0.4) is 0 Å². The van der Waals surface area contributed by atoms with Crippen molar-refractivity contribution in [3.8, 4) is 6.07 Å². The van der Waals surface area contributed by atoms with Crippen molar-refractivity contribution in [2.75, 3.05) is 31.5 Å². The van der Waals surface area contributed by atoms with Crippen LogP contribution in [0.5, 0.6) is 0 Å². The zero-order valence-electron chi connectivity index (χ0n) is 15.3. The first-order valence-corrected chi connectivity index (χ1v) is 9.34. The maximum absolute atomic E-state index is 13.5. The van der Waals surface area contributed by atoms with Crippen LogP contribution in [0.1, 0.15) is 12.8 Å². The van der Waals surface area contributed by atoms with Gasteiger partial charge in [0.25, 0.3) is 5.92 Å². The summed E-state index contributed by atoms with van der Waals surface area (Å²) < 4.78 is 27.1. The molecule has 6 nitrogen and oxygen atoms in total. The van der Waals surface area contributed by atoms with E-state index >= 15 is 0 Å². The maximum atomic E-state index is 13.5. The molecule has 2 aliphatic heterocycles. The maximum Gasteiger partial charge on any atom is 0.268 e. The number of likely N-dealkylation sites (tertiary alicyclic amines) is 2. The Bertz CT molecular complexity index is 928. The van der Waals surface area contributed by atoms with Gasteiger partial charge in [-0.2, -0.15) is 5.26 Å². The van der Waals surface area contributed by atoms with Crippen LogP contribution in [0.2, 0.25) is 0 Å². The first kappa shape index (κ1) is 18.6. The molecule has 2 aliphatic rings. The minimum absolute atomic E-state index is 0.0579. The summed E-state index contributed by atoms with van der Waals surface area (Å²) in [6.45, 7) is 0.733. The lowest BCUT2D eigenvalue weighted by Gasteiger charge is -2.23. The fourth-order valence-corrected chi connectivity index (χ4v) is 3.96. The average Bonchev–Trinajstić information content (AvgIpc) is 3.24. The number of nitrogens with zero attached hydrogens (tertiary/aromatic N) is 4. The van der Waals surface area contributed by atoms with E-state index in [0.29, 0.717) is 13.1 Å². The molecule has 0 bridgehead atoms. The molecule has 8 heteroatoms. The third-order valence-electron chi connectivity index (χ3n) is 5.33. The number of carbonyl (C=O) groups excluding carboxylic acids is 1. The fraction of sp³-hybridized carbons (Fsp3) is 0.450. The second-order valence-electron chi connectivity index (χ2n) is 7.51. The zero-order chi connectivity index (χ0) is 19.7. The Hall–Kier alpha value is -2.79. The van der Waals surface area contributed by atoms with Crippen LogP contribution in [0, 0.1) is 11.3 Å². The predicted octanol–water partition coefficient (Wildman–Crippen LogP) is 2.48. The Labute approximate surface area is 161 Å². The van der Waals surface area contributed by atoms with Crippen molar-refractivity contribution in [1.82, 2.24) is 14.8 Å². The monoisotopic (exact) mass is 385 g/mol. The first-order valence-electron chi connectivity index (χ1n) is 9.34. The van der Waals surface area contributed by atoms with E-state index in [9.17, 15) is 13.6 Å². The number of benzene rings is 1. The van der Waals surface area contributed by atoms with Gasteiger partial charge in [-0.25, -0.2) is 8.78 Å². The highest BCUT2D eigenvalue weighted by atomic mass is 19.3. The Morgan fingerprint density at radius 1 is 1.39 bits per heavy atom. The molecule has 0 spiro atoms. The van der Waals surface area contributed by atoms with Crippen LogP contribution in [0.15, 0.2) is 36.5 Å².